The number of carbonyl (C=O) groups excluding carboxylic acids is 1. The summed E-state index contributed by atoms with van der Waals surface area (Å²) in [6, 6.07) is 1.32. The molecule has 3 nitrogen and oxygen atoms in total. The maximum atomic E-state index is 12.4. The Morgan fingerprint density at radius 1 is 1.64 bits per heavy atom. The number of nitrogens with zero attached hydrogens (tertiary/aromatic N) is 1. The van der Waals surface area contributed by atoms with E-state index in [2.05, 4.69) is 10.3 Å². The third kappa shape index (κ3) is 2.33. The number of hydrogen-bond acceptors (Lipinski definition) is 2. The summed E-state index contributed by atoms with van der Waals surface area (Å²) in [6.07, 6.45) is 3.18. The van der Waals surface area contributed by atoms with Gasteiger partial charge in [0, 0.05) is 12.7 Å². The smallest absolute Gasteiger partial charge is 0.207 e. The van der Waals surface area contributed by atoms with Crippen molar-refractivity contribution >= 4 is 6.41 Å². The van der Waals surface area contributed by atoms with Crippen molar-refractivity contribution in [3.63, 3.8) is 0 Å². The molecular formula is C7H7FN2O. The number of pyridine rings is 1. The molecule has 1 N–H and O–H groups in total. The Morgan fingerprint density at radius 2 is 2.45 bits per heavy atom. The summed E-state index contributed by atoms with van der Waals surface area (Å²) in [5.74, 6) is -0.393. The van der Waals surface area contributed by atoms with Crippen LogP contribution >= 0.6 is 0 Å². The van der Waals surface area contributed by atoms with Gasteiger partial charge in [-0.25, -0.2) is 4.39 Å². The van der Waals surface area contributed by atoms with Gasteiger partial charge in [0.2, 0.25) is 6.41 Å². The van der Waals surface area contributed by atoms with Crippen molar-refractivity contribution in [1.29, 1.82) is 0 Å². The lowest BCUT2D eigenvalue weighted by molar-refractivity contribution is -0.109. The van der Waals surface area contributed by atoms with Crippen LogP contribution in [-0.2, 0) is 11.3 Å². The van der Waals surface area contributed by atoms with Crippen LogP contribution in [0.25, 0.3) is 0 Å². The van der Waals surface area contributed by atoms with Crippen LogP contribution in [-0.4, -0.2) is 11.4 Å². The Morgan fingerprint density at radius 3 is 3.09 bits per heavy atom. The summed E-state index contributed by atoms with van der Waals surface area (Å²) in [6.45, 7) is 0.314. The third-order valence-corrected chi connectivity index (χ3v) is 1.15. The molecule has 0 atom stereocenters. The molecular weight excluding hydrogens is 147 g/mol. The lowest BCUT2D eigenvalue weighted by Gasteiger charge is -1.97. The molecule has 11 heavy (non-hydrogen) atoms. The molecule has 0 bridgehead atoms. The Bertz CT molecular complexity index is 252. The minimum Gasteiger partial charge on any atom is -0.355 e. The molecule has 1 aromatic heterocycles. The topological polar surface area (TPSA) is 42.0 Å². The number of aromatic nitrogens is 1. The van der Waals surface area contributed by atoms with Gasteiger partial charge in [0.15, 0.2) is 0 Å². The molecule has 1 amide bonds. The van der Waals surface area contributed by atoms with Crippen LogP contribution in [0.1, 0.15) is 5.56 Å². The molecule has 0 saturated carbocycles. The monoisotopic (exact) mass is 154 g/mol. The van der Waals surface area contributed by atoms with Crippen molar-refractivity contribution in [3.8, 4) is 0 Å². The maximum Gasteiger partial charge on any atom is 0.207 e. The number of carbonyl (C=O) groups is 1. The van der Waals surface area contributed by atoms with Crippen LogP contribution < -0.4 is 5.32 Å². The fraction of sp³-hybridized carbons (Fsp3) is 0.143. The number of rotatable bonds is 3. The molecule has 0 aromatic carbocycles. The van der Waals surface area contributed by atoms with E-state index < -0.39 is 5.82 Å². The molecule has 0 aliphatic carbocycles. The summed E-state index contributed by atoms with van der Waals surface area (Å²) >= 11 is 0. The van der Waals surface area contributed by atoms with E-state index in [1.54, 1.807) is 0 Å². The van der Waals surface area contributed by atoms with Gasteiger partial charge in [0.25, 0.3) is 0 Å². The first kappa shape index (κ1) is 7.65. The van der Waals surface area contributed by atoms with Gasteiger partial charge in [-0.3, -0.25) is 9.78 Å². The van der Waals surface area contributed by atoms with Gasteiger partial charge >= 0.3 is 0 Å². The second kappa shape index (κ2) is 3.65. The first-order chi connectivity index (χ1) is 5.33. The normalized spacial score (nSPS) is 9.18. The van der Waals surface area contributed by atoms with Crippen LogP contribution in [0.15, 0.2) is 18.5 Å². The van der Waals surface area contributed by atoms with Crippen molar-refractivity contribution < 1.29 is 9.18 Å². The highest BCUT2D eigenvalue weighted by Gasteiger charge is 1.93. The molecule has 0 spiro atoms. The highest BCUT2D eigenvalue weighted by molar-refractivity contribution is 5.46. The van der Waals surface area contributed by atoms with Crippen LogP contribution in [0.2, 0.25) is 0 Å². The molecule has 0 unspecified atom stereocenters. The average molecular weight is 154 g/mol. The fourth-order valence-electron chi connectivity index (χ4n) is 0.712. The molecule has 1 aromatic rings. The summed E-state index contributed by atoms with van der Waals surface area (Å²) in [7, 11) is 0. The first-order valence-electron chi connectivity index (χ1n) is 3.09. The lowest BCUT2D eigenvalue weighted by atomic mass is 10.3. The van der Waals surface area contributed by atoms with E-state index in [0.717, 1.165) is 6.20 Å². The summed E-state index contributed by atoms with van der Waals surface area (Å²) < 4.78 is 12.4. The van der Waals surface area contributed by atoms with E-state index in [4.69, 9.17) is 0 Å². The predicted molar refractivity (Wildman–Crippen MR) is 37.1 cm³/mol. The Balaban J connectivity index is 2.63. The minimum absolute atomic E-state index is 0.314. The van der Waals surface area contributed by atoms with Crippen LogP contribution in [0.4, 0.5) is 4.39 Å². The summed E-state index contributed by atoms with van der Waals surface area (Å²) in [5, 5.41) is 2.40. The fourth-order valence-corrected chi connectivity index (χ4v) is 0.712. The first-order valence-corrected chi connectivity index (χ1v) is 3.09. The van der Waals surface area contributed by atoms with Gasteiger partial charge in [-0.15, -0.1) is 0 Å². The molecule has 0 saturated heterocycles. The van der Waals surface area contributed by atoms with Crippen LogP contribution in [0, 0.1) is 5.82 Å². The van der Waals surface area contributed by atoms with Gasteiger partial charge in [-0.1, -0.05) is 0 Å². The Hall–Kier alpha value is -1.45. The second-order valence-corrected chi connectivity index (χ2v) is 2.01. The molecule has 4 heteroatoms. The quantitative estimate of drug-likeness (QED) is 0.643. The van der Waals surface area contributed by atoms with E-state index >= 15 is 0 Å². The zero-order chi connectivity index (χ0) is 8.10. The van der Waals surface area contributed by atoms with Crippen molar-refractivity contribution in [3.05, 3.63) is 29.8 Å². The van der Waals surface area contributed by atoms with Gasteiger partial charge in [-0.2, -0.15) is 0 Å². The minimum atomic E-state index is -0.393. The highest BCUT2D eigenvalue weighted by Crippen LogP contribution is 1.98. The number of amides is 1. The van der Waals surface area contributed by atoms with Gasteiger partial charge < -0.3 is 5.32 Å². The molecule has 0 aliphatic heterocycles. The van der Waals surface area contributed by atoms with Crippen molar-refractivity contribution in [2.45, 2.75) is 6.54 Å². The Labute approximate surface area is 63.3 Å². The average Bonchev–Trinajstić information content (AvgIpc) is 2.01. The van der Waals surface area contributed by atoms with Gasteiger partial charge in [0.05, 0.1) is 6.20 Å². The van der Waals surface area contributed by atoms with E-state index in [-0.39, 0.29) is 0 Å². The van der Waals surface area contributed by atoms with E-state index in [0.29, 0.717) is 18.5 Å². The Kier molecular flexibility index (Phi) is 2.54. The molecule has 1 rings (SSSR count). The number of halogens is 1. The largest absolute Gasteiger partial charge is 0.355 e. The summed E-state index contributed by atoms with van der Waals surface area (Å²) in [5.41, 5.74) is 0.650. The van der Waals surface area contributed by atoms with Gasteiger partial charge in [0.1, 0.15) is 5.82 Å². The van der Waals surface area contributed by atoms with E-state index in [9.17, 15) is 9.18 Å². The van der Waals surface area contributed by atoms with Crippen LogP contribution in [0.3, 0.4) is 0 Å². The van der Waals surface area contributed by atoms with Crippen LogP contribution in [0.5, 0.6) is 0 Å². The maximum absolute atomic E-state index is 12.4. The van der Waals surface area contributed by atoms with Crippen molar-refractivity contribution in [2.75, 3.05) is 0 Å². The van der Waals surface area contributed by atoms with E-state index in [1.165, 1.54) is 12.3 Å². The molecule has 58 valence electrons. The van der Waals surface area contributed by atoms with Crippen molar-refractivity contribution in [2.24, 2.45) is 0 Å². The third-order valence-electron chi connectivity index (χ3n) is 1.15. The zero-order valence-corrected chi connectivity index (χ0v) is 5.75. The second-order valence-electron chi connectivity index (χ2n) is 2.01. The van der Waals surface area contributed by atoms with E-state index in [1.807, 2.05) is 0 Å². The SMILES string of the molecule is O=CNCc1cncc(F)c1. The van der Waals surface area contributed by atoms with Crippen molar-refractivity contribution in [1.82, 2.24) is 10.3 Å². The molecule has 0 fully saturated rings. The zero-order valence-electron chi connectivity index (χ0n) is 5.75. The number of nitrogens with one attached hydrogen (secondary N) is 1. The molecule has 0 radical (unpaired) electrons. The predicted octanol–water partition coefficient (Wildman–Crippen LogP) is 0.467. The standard InChI is InChI=1S/C7H7FN2O/c8-7-1-6(2-9-4-7)3-10-5-11/h1-2,4-5H,3H2,(H,10,11). The molecule has 1 heterocycles. The highest BCUT2D eigenvalue weighted by atomic mass is 19.1. The molecule has 0 aliphatic rings. The summed E-state index contributed by atoms with van der Waals surface area (Å²) in [4.78, 5) is 13.4. The number of hydrogen-bond donors (Lipinski definition) is 1. The van der Waals surface area contributed by atoms with Gasteiger partial charge in [-0.05, 0) is 11.6 Å². The lowest BCUT2D eigenvalue weighted by Crippen LogP contribution is -2.09.